The second-order valence-corrected chi connectivity index (χ2v) is 7.63. The number of nitrogens with two attached hydrogens (primary N) is 1. The predicted molar refractivity (Wildman–Crippen MR) is 110 cm³/mol. The van der Waals surface area contributed by atoms with E-state index < -0.39 is 5.54 Å². The Bertz CT molecular complexity index is 753. The van der Waals surface area contributed by atoms with E-state index in [1.807, 2.05) is 68.4 Å². The first kappa shape index (κ1) is 20.4. The van der Waals surface area contributed by atoms with Gasteiger partial charge in [-0.3, -0.25) is 4.79 Å². The quantitative estimate of drug-likeness (QED) is 0.770. The molecule has 2 unspecified atom stereocenters. The van der Waals surface area contributed by atoms with Crippen molar-refractivity contribution in [3.63, 3.8) is 0 Å². The Morgan fingerprint density at radius 1 is 1.11 bits per heavy atom. The smallest absolute Gasteiger partial charge is 0.225 e. The molecule has 0 saturated carbocycles. The van der Waals surface area contributed by atoms with Crippen molar-refractivity contribution >= 4 is 5.91 Å². The van der Waals surface area contributed by atoms with E-state index in [2.05, 4.69) is 5.32 Å². The standard InChI is InChI=1S/C23H30N2O3/c1-17(18(2)24)22(26)25-23(12-14-27-15-13-23)20-8-10-21(11-9-20)28-16-19-6-4-3-5-7-19/h3-11,17-18H,12-16,24H2,1-2H3,(H,25,26). The summed E-state index contributed by atoms with van der Waals surface area (Å²) in [5.41, 5.74) is 7.71. The molecule has 2 aromatic carbocycles. The lowest BCUT2D eigenvalue weighted by atomic mass is 9.82. The number of benzene rings is 2. The maximum Gasteiger partial charge on any atom is 0.225 e. The number of rotatable bonds is 7. The third kappa shape index (κ3) is 4.91. The predicted octanol–water partition coefficient (Wildman–Crippen LogP) is 3.37. The van der Waals surface area contributed by atoms with Crippen molar-refractivity contribution in [2.45, 2.75) is 44.9 Å². The molecule has 0 bridgehead atoms. The van der Waals surface area contributed by atoms with Gasteiger partial charge in [0.05, 0.1) is 5.54 Å². The Balaban J connectivity index is 1.72. The Morgan fingerprint density at radius 2 is 1.75 bits per heavy atom. The number of hydrogen-bond acceptors (Lipinski definition) is 4. The summed E-state index contributed by atoms with van der Waals surface area (Å²) < 4.78 is 11.4. The molecule has 1 aliphatic rings. The van der Waals surface area contributed by atoms with Crippen LogP contribution < -0.4 is 15.8 Å². The van der Waals surface area contributed by atoms with Gasteiger partial charge >= 0.3 is 0 Å². The molecule has 1 fully saturated rings. The second-order valence-electron chi connectivity index (χ2n) is 7.63. The average molecular weight is 383 g/mol. The zero-order valence-corrected chi connectivity index (χ0v) is 16.7. The van der Waals surface area contributed by atoms with Crippen LogP contribution in [0.2, 0.25) is 0 Å². The zero-order valence-electron chi connectivity index (χ0n) is 16.7. The third-order valence-electron chi connectivity index (χ3n) is 5.57. The summed E-state index contributed by atoms with van der Waals surface area (Å²) in [7, 11) is 0. The van der Waals surface area contributed by atoms with Gasteiger partial charge in [-0.05, 0) is 43.0 Å². The largest absolute Gasteiger partial charge is 0.489 e. The normalized spacial score (nSPS) is 18.1. The molecule has 3 rings (SSSR count). The number of amides is 1. The molecule has 2 aromatic rings. The Kier molecular flexibility index (Phi) is 6.70. The summed E-state index contributed by atoms with van der Waals surface area (Å²) in [5.74, 6) is 0.555. The fourth-order valence-electron chi connectivity index (χ4n) is 3.41. The van der Waals surface area contributed by atoms with Gasteiger partial charge in [0.1, 0.15) is 12.4 Å². The molecule has 0 radical (unpaired) electrons. The van der Waals surface area contributed by atoms with Gasteiger partial charge in [0.15, 0.2) is 0 Å². The molecule has 150 valence electrons. The van der Waals surface area contributed by atoms with Gasteiger partial charge in [0.25, 0.3) is 0 Å². The Hall–Kier alpha value is -2.37. The first-order valence-corrected chi connectivity index (χ1v) is 9.93. The molecule has 0 aromatic heterocycles. The summed E-state index contributed by atoms with van der Waals surface area (Å²) in [6, 6.07) is 17.9. The van der Waals surface area contributed by atoms with Gasteiger partial charge in [-0.25, -0.2) is 0 Å². The minimum Gasteiger partial charge on any atom is -0.489 e. The Labute approximate surface area is 167 Å². The third-order valence-corrected chi connectivity index (χ3v) is 5.57. The number of nitrogens with one attached hydrogen (secondary N) is 1. The van der Waals surface area contributed by atoms with E-state index >= 15 is 0 Å². The first-order chi connectivity index (χ1) is 13.5. The van der Waals surface area contributed by atoms with Crippen molar-refractivity contribution in [1.29, 1.82) is 0 Å². The molecule has 5 heteroatoms. The van der Waals surface area contributed by atoms with Crippen molar-refractivity contribution < 1.29 is 14.3 Å². The van der Waals surface area contributed by atoms with Gasteiger partial charge in [-0.1, -0.05) is 49.4 Å². The summed E-state index contributed by atoms with van der Waals surface area (Å²) in [6.07, 6.45) is 1.49. The first-order valence-electron chi connectivity index (χ1n) is 9.93. The summed E-state index contributed by atoms with van der Waals surface area (Å²) in [4.78, 5) is 12.7. The molecular formula is C23H30N2O3. The van der Waals surface area contributed by atoms with Crippen LogP contribution in [0.25, 0.3) is 0 Å². The molecule has 28 heavy (non-hydrogen) atoms. The van der Waals surface area contributed by atoms with Crippen LogP contribution in [0.1, 0.15) is 37.8 Å². The maximum absolute atomic E-state index is 12.7. The number of ether oxygens (including phenoxy) is 2. The van der Waals surface area contributed by atoms with Crippen LogP contribution in [0.15, 0.2) is 54.6 Å². The molecule has 1 heterocycles. The van der Waals surface area contributed by atoms with Crippen molar-refractivity contribution in [2.24, 2.45) is 11.7 Å². The monoisotopic (exact) mass is 382 g/mol. The van der Waals surface area contributed by atoms with Gasteiger partial charge in [0.2, 0.25) is 5.91 Å². The number of carbonyl (C=O) groups excluding carboxylic acids is 1. The lowest BCUT2D eigenvalue weighted by Gasteiger charge is -2.39. The summed E-state index contributed by atoms with van der Waals surface area (Å²) in [6.45, 7) is 5.51. The molecule has 1 saturated heterocycles. The fourth-order valence-corrected chi connectivity index (χ4v) is 3.41. The average Bonchev–Trinajstić information content (AvgIpc) is 2.73. The van der Waals surface area contributed by atoms with Crippen molar-refractivity contribution in [1.82, 2.24) is 5.32 Å². The van der Waals surface area contributed by atoms with Crippen LogP contribution in [0.3, 0.4) is 0 Å². The Morgan fingerprint density at radius 3 is 2.36 bits per heavy atom. The van der Waals surface area contributed by atoms with Crippen LogP contribution in [0, 0.1) is 5.92 Å². The van der Waals surface area contributed by atoms with E-state index in [1.54, 1.807) is 0 Å². The lowest BCUT2D eigenvalue weighted by Crippen LogP contribution is -2.52. The van der Waals surface area contributed by atoms with Gasteiger partial charge in [-0.2, -0.15) is 0 Å². The van der Waals surface area contributed by atoms with Gasteiger partial charge in [-0.15, -0.1) is 0 Å². The minimum atomic E-state index is -0.420. The molecule has 1 amide bonds. The van der Waals surface area contributed by atoms with Crippen LogP contribution in [-0.2, 0) is 21.7 Å². The maximum atomic E-state index is 12.7. The molecule has 0 aliphatic carbocycles. The van der Waals surface area contributed by atoms with E-state index in [9.17, 15) is 4.79 Å². The van der Waals surface area contributed by atoms with E-state index in [0.29, 0.717) is 19.8 Å². The minimum absolute atomic E-state index is 0.0127. The van der Waals surface area contributed by atoms with Crippen molar-refractivity contribution in [3.8, 4) is 5.75 Å². The number of carbonyl (C=O) groups is 1. The number of hydrogen-bond donors (Lipinski definition) is 2. The second kappa shape index (κ2) is 9.22. The molecule has 5 nitrogen and oxygen atoms in total. The highest BCUT2D eigenvalue weighted by Crippen LogP contribution is 2.33. The highest BCUT2D eigenvalue weighted by molar-refractivity contribution is 5.80. The topological polar surface area (TPSA) is 73.6 Å². The van der Waals surface area contributed by atoms with Crippen LogP contribution >= 0.6 is 0 Å². The summed E-state index contributed by atoms with van der Waals surface area (Å²) in [5, 5.41) is 3.27. The van der Waals surface area contributed by atoms with E-state index in [4.69, 9.17) is 15.2 Å². The molecule has 3 N–H and O–H groups in total. The SMILES string of the molecule is CC(N)C(C)C(=O)NC1(c2ccc(OCc3ccccc3)cc2)CCOCC1. The van der Waals surface area contributed by atoms with Crippen molar-refractivity contribution in [3.05, 3.63) is 65.7 Å². The van der Waals surface area contributed by atoms with Gasteiger partial charge in [0, 0.05) is 25.2 Å². The highest BCUT2D eigenvalue weighted by Gasteiger charge is 2.37. The van der Waals surface area contributed by atoms with Gasteiger partial charge < -0.3 is 20.5 Å². The zero-order chi connectivity index (χ0) is 20.0. The molecule has 2 atom stereocenters. The van der Waals surface area contributed by atoms with E-state index in [-0.39, 0.29) is 17.9 Å². The van der Waals surface area contributed by atoms with E-state index in [0.717, 1.165) is 29.7 Å². The summed E-state index contributed by atoms with van der Waals surface area (Å²) >= 11 is 0. The van der Waals surface area contributed by atoms with Crippen molar-refractivity contribution in [2.75, 3.05) is 13.2 Å². The van der Waals surface area contributed by atoms with Crippen LogP contribution in [0.5, 0.6) is 5.75 Å². The van der Waals surface area contributed by atoms with E-state index in [1.165, 1.54) is 0 Å². The van der Waals surface area contributed by atoms with Crippen LogP contribution in [0.4, 0.5) is 0 Å². The highest BCUT2D eigenvalue weighted by atomic mass is 16.5. The van der Waals surface area contributed by atoms with Crippen LogP contribution in [-0.4, -0.2) is 25.2 Å². The fraction of sp³-hybridized carbons (Fsp3) is 0.435. The molecule has 0 spiro atoms. The molecule has 1 aliphatic heterocycles. The lowest BCUT2D eigenvalue weighted by molar-refractivity contribution is -0.128. The molecular weight excluding hydrogens is 352 g/mol.